The molecule has 0 unspecified atom stereocenters. The van der Waals surface area contributed by atoms with Gasteiger partial charge in [0.2, 0.25) is 5.91 Å². The van der Waals surface area contributed by atoms with Crippen LogP contribution in [0.2, 0.25) is 0 Å². The molecule has 0 bridgehead atoms. The lowest BCUT2D eigenvalue weighted by Gasteiger charge is -1.99. The first-order chi connectivity index (χ1) is 8.31. The molecule has 2 aromatic heterocycles. The van der Waals surface area contributed by atoms with Gasteiger partial charge in [-0.1, -0.05) is 0 Å². The van der Waals surface area contributed by atoms with Gasteiger partial charge >= 0.3 is 0 Å². The molecule has 88 valence electrons. The zero-order valence-electron chi connectivity index (χ0n) is 9.18. The molecule has 3 rings (SSSR count). The summed E-state index contributed by atoms with van der Waals surface area (Å²) in [7, 11) is 0. The molecule has 2 heterocycles. The van der Waals surface area contributed by atoms with Crippen molar-refractivity contribution in [2.75, 3.05) is 0 Å². The van der Waals surface area contributed by atoms with E-state index in [-0.39, 0.29) is 5.91 Å². The van der Waals surface area contributed by atoms with Gasteiger partial charge < -0.3 is 9.73 Å². The monoisotopic (exact) mass is 248 g/mol. The van der Waals surface area contributed by atoms with Gasteiger partial charge in [-0.05, 0) is 25.0 Å². The molecule has 0 radical (unpaired) electrons. The minimum absolute atomic E-state index is 0.0591. The summed E-state index contributed by atoms with van der Waals surface area (Å²) in [6.45, 7) is 0. The second kappa shape index (κ2) is 4.33. The first-order valence-electron chi connectivity index (χ1n) is 5.59. The van der Waals surface area contributed by atoms with Crippen LogP contribution in [0, 0.1) is 0 Å². The highest BCUT2D eigenvalue weighted by Crippen LogP contribution is 2.24. The maximum absolute atomic E-state index is 11.6. The van der Waals surface area contributed by atoms with Crippen molar-refractivity contribution >= 4 is 17.2 Å². The molecule has 1 aliphatic carbocycles. The average molecular weight is 248 g/mol. The number of nitrogens with zero attached hydrogens (tertiary/aromatic N) is 1. The number of thiazole rings is 1. The first-order valence-corrected chi connectivity index (χ1v) is 6.47. The average Bonchev–Trinajstić information content (AvgIpc) is 2.84. The van der Waals surface area contributed by atoms with Crippen molar-refractivity contribution in [1.29, 1.82) is 0 Å². The Morgan fingerprint density at radius 1 is 1.59 bits per heavy atom. The molecule has 0 atom stereocenters. The lowest BCUT2D eigenvalue weighted by atomic mass is 10.3. The van der Waals surface area contributed by atoms with E-state index in [1.807, 2.05) is 17.5 Å². The fourth-order valence-corrected chi connectivity index (χ4v) is 2.36. The van der Waals surface area contributed by atoms with Crippen molar-refractivity contribution in [3.05, 3.63) is 29.5 Å². The van der Waals surface area contributed by atoms with Crippen molar-refractivity contribution in [3.63, 3.8) is 0 Å². The first kappa shape index (κ1) is 10.5. The number of nitrogens with one attached hydrogen (secondary N) is 1. The number of hydrogen-bond donors (Lipinski definition) is 1. The third-order valence-electron chi connectivity index (χ3n) is 2.57. The summed E-state index contributed by atoms with van der Waals surface area (Å²) in [5.41, 5.74) is 0.805. The van der Waals surface area contributed by atoms with Gasteiger partial charge in [-0.15, -0.1) is 11.3 Å². The Hall–Kier alpha value is -1.62. The second-order valence-electron chi connectivity index (χ2n) is 4.14. The maximum Gasteiger partial charge on any atom is 0.226 e. The fraction of sp³-hybridized carbons (Fsp3) is 0.333. The van der Waals surface area contributed by atoms with Gasteiger partial charge in [0.25, 0.3) is 0 Å². The Kier molecular flexibility index (Phi) is 2.68. The number of furan rings is 1. The van der Waals surface area contributed by atoms with Gasteiger partial charge in [0.15, 0.2) is 10.8 Å². The Balaban J connectivity index is 1.65. The molecule has 0 saturated heterocycles. The van der Waals surface area contributed by atoms with Crippen LogP contribution < -0.4 is 5.32 Å². The van der Waals surface area contributed by atoms with Crippen molar-refractivity contribution in [1.82, 2.24) is 10.3 Å². The molecule has 1 N–H and O–H groups in total. The summed E-state index contributed by atoms with van der Waals surface area (Å²) >= 11 is 1.50. The zero-order chi connectivity index (χ0) is 11.7. The Labute approximate surface area is 103 Å². The number of amides is 1. The van der Waals surface area contributed by atoms with Gasteiger partial charge in [0.1, 0.15) is 0 Å². The quantitative estimate of drug-likeness (QED) is 0.902. The van der Waals surface area contributed by atoms with E-state index in [4.69, 9.17) is 4.42 Å². The SMILES string of the molecule is O=C(Cc1csc(-c2ccco2)n1)NC1CC1. The molecule has 2 aromatic rings. The Morgan fingerprint density at radius 2 is 2.47 bits per heavy atom. The summed E-state index contributed by atoms with van der Waals surface area (Å²) < 4.78 is 5.26. The van der Waals surface area contributed by atoms with Crippen LogP contribution in [0.3, 0.4) is 0 Å². The molecule has 1 fully saturated rings. The molecular weight excluding hydrogens is 236 g/mol. The van der Waals surface area contributed by atoms with Crippen LogP contribution in [0.4, 0.5) is 0 Å². The second-order valence-corrected chi connectivity index (χ2v) is 5.00. The van der Waals surface area contributed by atoms with Gasteiger partial charge in [-0.3, -0.25) is 4.79 Å². The predicted octanol–water partition coefficient (Wildman–Crippen LogP) is 2.22. The van der Waals surface area contributed by atoms with E-state index in [9.17, 15) is 4.79 Å². The normalized spacial score (nSPS) is 14.8. The summed E-state index contributed by atoms with van der Waals surface area (Å²) in [4.78, 5) is 16.0. The standard InChI is InChI=1S/C12H12N2O2S/c15-11(13-8-3-4-8)6-9-7-17-12(14-9)10-2-1-5-16-10/h1-2,5,7-8H,3-4,6H2,(H,13,15). The lowest BCUT2D eigenvalue weighted by Crippen LogP contribution is -2.27. The number of carbonyl (C=O) groups excluding carboxylic acids is 1. The summed E-state index contributed by atoms with van der Waals surface area (Å²) in [6, 6.07) is 4.11. The van der Waals surface area contributed by atoms with Crippen molar-refractivity contribution in [2.24, 2.45) is 0 Å². The topological polar surface area (TPSA) is 55.1 Å². The van der Waals surface area contributed by atoms with Crippen molar-refractivity contribution in [3.8, 4) is 10.8 Å². The largest absolute Gasteiger partial charge is 0.462 e. The van der Waals surface area contributed by atoms with Gasteiger partial charge in [0.05, 0.1) is 18.4 Å². The fourth-order valence-electron chi connectivity index (χ4n) is 1.57. The molecule has 1 saturated carbocycles. The van der Waals surface area contributed by atoms with Crippen LogP contribution in [-0.4, -0.2) is 16.9 Å². The third kappa shape index (κ3) is 2.55. The van der Waals surface area contributed by atoms with Crippen molar-refractivity contribution in [2.45, 2.75) is 25.3 Å². The molecular formula is C12H12N2O2S. The highest BCUT2D eigenvalue weighted by atomic mass is 32.1. The maximum atomic E-state index is 11.6. The summed E-state index contributed by atoms with van der Waals surface area (Å²) in [5, 5.41) is 5.68. The molecule has 0 aromatic carbocycles. The highest BCUT2D eigenvalue weighted by molar-refractivity contribution is 7.13. The highest BCUT2D eigenvalue weighted by Gasteiger charge is 2.23. The predicted molar refractivity (Wildman–Crippen MR) is 64.7 cm³/mol. The van der Waals surface area contributed by atoms with Crippen LogP contribution in [0.15, 0.2) is 28.2 Å². The van der Waals surface area contributed by atoms with Gasteiger partial charge in [-0.2, -0.15) is 0 Å². The van der Waals surface area contributed by atoms with Gasteiger partial charge in [0, 0.05) is 11.4 Å². The molecule has 0 aliphatic heterocycles. The van der Waals surface area contributed by atoms with E-state index in [0.29, 0.717) is 12.5 Å². The van der Waals surface area contributed by atoms with E-state index in [2.05, 4.69) is 10.3 Å². The smallest absolute Gasteiger partial charge is 0.226 e. The molecule has 5 heteroatoms. The Morgan fingerprint density at radius 3 is 3.18 bits per heavy atom. The summed E-state index contributed by atoms with van der Waals surface area (Å²) in [5.74, 6) is 0.813. The van der Waals surface area contributed by atoms with Crippen LogP contribution in [0.25, 0.3) is 10.8 Å². The number of rotatable bonds is 4. The molecule has 1 amide bonds. The Bertz CT molecular complexity index is 514. The van der Waals surface area contributed by atoms with E-state index >= 15 is 0 Å². The minimum atomic E-state index is 0.0591. The number of hydrogen-bond acceptors (Lipinski definition) is 4. The number of aromatic nitrogens is 1. The molecule has 0 spiro atoms. The minimum Gasteiger partial charge on any atom is -0.462 e. The number of carbonyl (C=O) groups is 1. The molecule has 1 aliphatic rings. The molecule has 4 nitrogen and oxygen atoms in total. The summed E-state index contributed by atoms with van der Waals surface area (Å²) in [6.07, 6.45) is 4.20. The van der Waals surface area contributed by atoms with E-state index in [0.717, 1.165) is 29.3 Å². The van der Waals surface area contributed by atoms with Crippen LogP contribution in [0.1, 0.15) is 18.5 Å². The van der Waals surface area contributed by atoms with Crippen molar-refractivity contribution < 1.29 is 9.21 Å². The van der Waals surface area contributed by atoms with E-state index in [1.165, 1.54) is 11.3 Å². The van der Waals surface area contributed by atoms with Gasteiger partial charge in [-0.25, -0.2) is 4.98 Å². The van der Waals surface area contributed by atoms with Crippen LogP contribution in [-0.2, 0) is 11.2 Å². The third-order valence-corrected chi connectivity index (χ3v) is 3.47. The van der Waals surface area contributed by atoms with E-state index < -0.39 is 0 Å². The lowest BCUT2D eigenvalue weighted by molar-refractivity contribution is -0.120. The molecule has 17 heavy (non-hydrogen) atoms. The zero-order valence-corrected chi connectivity index (χ0v) is 10.00. The van der Waals surface area contributed by atoms with E-state index in [1.54, 1.807) is 6.26 Å². The van der Waals surface area contributed by atoms with Crippen LogP contribution in [0.5, 0.6) is 0 Å². The van der Waals surface area contributed by atoms with Crippen LogP contribution >= 0.6 is 11.3 Å².